The van der Waals surface area contributed by atoms with E-state index in [0.717, 1.165) is 0 Å². The van der Waals surface area contributed by atoms with Gasteiger partial charge in [-0.1, -0.05) is 11.6 Å². The molecule has 0 spiro atoms. The summed E-state index contributed by atoms with van der Waals surface area (Å²) in [6.45, 7) is 1.84. The van der Waals surface area contributed by atoms with Gasteiger partial charge in [-0.25, -0.2) is 4.79 Å². The molecule has 0 amide bonds. The van der Waals surface area contributed by atoms with Crippen molar-refractivity contribution in [3.8, 4) is 0 Å². The fraction of sp³-hybridized carbons (Fsp3) is 0.182. The monoisotopic (exact) mass is 252 g/mol. The van der Waals surface area contributed by atoms with Gasteiger partial charge < -0.3 is 9.72 Å². The number of halogens is 1. The minimum absolute atomic E-state index is 0.0651. The normalized spacial score (nSPS) is 10.5. The lowest BCUT2D eigenvalue weighted by atomic mass is 10.2. The van der Waals surface area contributed by atoms with Crippen molar-refractivity contribution in [2.45, 2.75) is 6.92 Å². The Labute approximate surface area is 101 Å². The fourth-order valence-electron chi connectivity index (χ4n) is 1.48. The van der Waals surface area contributed by atoms with Crippen LogP contribution in [0.4, 0.5) is 0 Å². The second-order valence-electron chi connectivity index (χ2n) is 3.28. The smallest absolute Gasteiger partial charge is 0.345 e. The molecule has 0 atom stereocenters. The average molecular weight is 253 g/mol. The molecule has 2 heterocycles. The molecule has 0 fully saturated rings. The molecule has 0 aromatic carbocycles. The van der Waals surface area contributed by atoms with Crippen molar-refractivity contribution in [2.75, 3.05) is 6.61 Å². The Bertz CT molecular complexity index is 636. The number of nitrogens with zero attached hydrogens (tertiary/aromatic N) is 1. The predicted molar refractivity (Wildman–Crippen MR) is 63.3 cm³/mol. The number of carbonyl (C=O) groups is 1. The van der Waals surface area contributed by atoms with Crippen LogP contribution in [-0.2, 0) is 4.74 Å². The Morgan fingerprint density at radius 1 is 1.59 bits per heavy atom. The minimum atomic E-state index is -0.732. The van der Waals surface area contributed by atoms with Crippen molar-refractivity contribution in [1.29, 1.82) is 0 Å². The molecule has 0 saturated heterocycles. The van der Waals surface area contributed by atoms with Gasteiger partial charge in [0.15, 0.2) is 0 Å². The molecule has 0 aliphatic heterocycles. The fourth-order valence-corrected chi connectivity index (χ4v) is 1.80. The maximum absolute atomic E-state index is 11.7. The standard InChI is InChI=1S/C11H9ClN2O3/c1-2-17-11(16)8-9(12)6-5-13-4-3-7(6)14-10(8)15/h3-5H,2H2,1H3,(H,14,15). The molecule has 88 valence electrons. The quantitative estimate of drug-likeness (QED) is 0.827. The number of rotatable bonds is 2. The van der Waals surface area contributed by atoms with Crippen molar-refractivity contribution < 1.29 is 9.53 Å². The second kappa shape index (κ2) is 4.55. The topological polar surface area (TPSA) is 72.0 Å². The highest BCUT2D eigenvalue weighted by molar-refractivity contribution is 6.38. The van der Waals surface area contributed by atoms with Crippen LogP contribution in [0.15, 0.2) is 23.3 Å². The van der Waals surface area contributed by atoms with E-state index >= 15 is 0 Å². The molecular weight excluding hydrogens is 244 g/mol. The number of H-pyrrole nitrogens is 1. The van der Waals surface area contributed by atoms with E-state index in [1.807, 2.05) is 0 Å². The molecule has 0 aliphatic rings. The van der Waals surface area contributed by atoms with Crippen LogP contribution < -0.4 is 5.56 Å². The summed E-state index contributed by atoms with van der Waals surface area (Å²) in [4.78, 5) is 29.7. The first-order valence-electron chi connectivity index (χ1n) is 4.97. The van der Waals surface area contributed by atoms with E-state index in [1.54, 1.807) is 13.0 Å². The summed E-state index contributed by atoms with van der Waals surface area (Å²) in [5, 5.41) is 0.576. The number of ether oxygens (including phenoxy) is 1. The van der Waals surface area contributed by atoms with Crippen molar-refractivity contribution in [1.82, 2.24) is 9.97 Å². The van der Waals surface area contributed by atoms with Gasteiger partial charge in [-0.05, 0) is 13.0 Å². The number of aromatic amines is 1. The van der Waals surface area contributed by atoms with Crippen LogP contribution in [0.1, 0.15) is 17.3 Å². The molecule has 0 saturated carbocycles. The van der Waals surface area contributed by atoms with Gasteiger partial charge in [0.05, 0.1) is 17.1 Å². The third kappa shape index (κ3) is 2.01. The van der Waals surface area contributed by atoms with Gasteiger partial charge in [0, 0.05) is 17.8 Å². The van der Waals surface area contributed by atoms with E-state index in [1.165, 1.54) is 12.4 Å². The molecule has 5 nitrogen and oxygen atoms in total. The van der Waals surface area contributed by atoms with Crippen LogP contribution in [-0.4, -0.2) is 22.5 Å². The molecule has 0 unspecified atom stereocenters. The number of carbonyl (C=O) groups excluding carboxylic acids is 1. The van der Waals surface area contributed by atoms with Crippen LogP contribution in [0.25, 0.3) is 10.9 Å². The molecule has 0 bridgehead atoms. The molecular formula is C11H9ClN2O3. The Kier molecular flexibility index (Phi) is 3.10. The molecule has 0 radical (unpaired) electrons. The first-order chi connectivity index (χ1) is 8.15. The number of hydrogen-bond acceptors (Lipinski definition) is 4. The number of nitrogens with one attached hydrogen (secondary N) is 1. The van der Waals surface area contributed by atoms with Crippen LogP contribution in [0.5, 0.6) is 0 Å². The lowest BCUT2D eigenvalue weighted by Gasteiger charge is -2.05. The SMILES string of the molecule is CCOC(=O)c1c(Cl)c2cnccc2[nH]c1=O. The minimum Gasteiger partial charge on any atom is -0.462 e. The molecule has 2 rings (SSSR count). The summed E-state index contributed by atoms with van der Waals surface area (Å²) in [5.74, 6) is -0.732. The van der Waals surface area contributed by atoms with Gasteiger partial charge in [0.2, 0.25) is 0 Å². The summed E-state index contributed by atoms with van der Waals surface area (Å²) in [5.41, 5.74) is -0.218. The van der Waals surface area contributed by atoms with E-state index in [0.29, 0.717) is 10.9 Å². The maximum Gasteiger partial charge on any atom is 0.345 e. The van der Waals surface area contributed by atoms with E-state index in [-0.39, 0.29) is 17.2 Å². The van der Waals surface area contributed by atoms with Gasteiger partial charge in [-0.3, -0.25) is 9.78 Å². The zero-order valence-electron chi connectivity index (χ0n) is 8.99. The lowest BCUT2D eigenvalue weighted by molar-refractivity contribution is 0.0524. The summed E-state index contributed by atoms with van der Waals surface area (Å²) in [6, 6.07) is 1.61. The Morgan fingerprint density at radius 3 is 3.06 bits per heavy atom. The number of aromatic nitrogens is 2. The molecule has 1 N–H and O–H groups in total. The Hall–Kier alpha value is -1.88. The molecule has 17 heavy (non-hydrogen) atoms. The first-order valence-corrected chi connectivity index (χ1v) is 5.35. The summed E-state index contributed by atoms with van der Waals surface area (Å²) in [6.07, 6.45) is 3.01. The maximum atomic E-state index is 11.7. The number of esters is 1. The third-order valence-corrected chi connectivity index (χ3v) is 2.62. The van der Waals surface area contributed by atoms with Crippen molar-refractivity contribution in [2.24, 2.45) is 0 Å². The molecule has 2 aromatic heterocycles. The highest BCUT2D eigenvalue weighted by Gasteiger charge is 2.19. The number of hydrogen-bond donors (Lipinski definition) is 1. The van der Waals surface area contributed by atoms with E-state index in [2.05, 4.69) is 9.97 Å². The largest absolute Gasteiger partial charge is 0.462 e. The zero-order chi connectivity index (χ0) is 12.4. The number of pyridine rings is 2. The Balaban J connectivity index is 2.72. The third-order valence-electron chi connectivity index (χ3n) is 2.23. The van der Waals surface area contributed by atoms with E-state index in [4.69, 9.17) is 16.3 Å². The zero-order valence-corrected chi connectivity index (χ0v) is 9.75. The van der Waals surface area contributed by atoms with Crippen LogP contribution in [0.2, 0.25) is 5.02 Å². The van der Waals surface area contributed by atoms with Crippen molar-refractivity contribution in [3.05, 3.63) is 39.4 Å². The van der Waals surface area contributed by atoms with Gasteiger partial charge in [0.1, 0.15) is 5.56 Å². The molecule has 0 aliphatic carbocycles. The Morgan fingerprint density at radius 2 is 2.35 bits per heavy atom. The van der Waals surface area contributed by atoms with Gasteiger partial charge in [-0.2, -0.15) is 0 Å². The average Bonchev–Trinajstić information content (AvgIpc) is 2.29. The first kappa shape index (κ1) is 11.6. The van der Waals surface area contributed by atoms with Crippen molar-refractivity contribution in [3.63, 3.8) is 0 Å². The molecule has 6 heteroatoms. The van der Waals surface area contributed by atoms with Crippen molar-refractivity contribution >= 4 is 28.5 Å². The lowest BCUT2D eigenvalue weighted by Crippen LogP contribution is -2.20. The van der Waals surface area contributed by atoms with Gasteiger partial charge in [-0.15, -0.1) is 0 Å². The van der Waals surface area contributed by atoms with Crippen LogP contribution in [0, 0.1) is 0 Å². The second-order valence-corrected chi connectivity index (χ2v) is 3.66. The summed E-state index contributed by atoms with van der Waals surface area (Å²) in [7, 11) is 0. The van der Waals surface area contributed by atoms with Crippen LogP contribution >= 0.6 is 11.6 Å². The van der Waals surface area contributed by atoms with Gasteiger partial charge in [0.25, 0.3) is 5.56 Å². The number of fused-ring (bicyclic) bond motifs is 1. The van der Waals surface area contributed by atoms with E-state index < -0.39 is 11.5 Å². The highest BCUT2D eigenvalue weighted by Crippen LogP contribution is 2.22. The summed E-state index contributed by atoms with van der Waals surface area (Å²) >= 11 is 6.02. The van der Waals surface area contributed by atoms with Gasteiger partial charge >= 0.3 is 5.97 Å². The molecule has 2 aromatic rings. The van der Waals surface area contributed by atoms with Crippen LogP contribution in [0.3, 0.4) is 0 Å². The summed E-state index contributed by atoms with van der Waals surface area (Å²) < 4.78 is 4.77. The predicted octanol–water partition coefficient (Wildman–Crippen LogP) is 1.75. The van der Waals surface area contributed by atoms with E-state index in [9.17, 15) is 9.59 Å². The highest BCUT2D eigenvalue weighted by atomic mass is 35.5.